The maximum absolute atomic E-state index is 11.7. The number of esters is 1. The zero-order chi connectivity index (χ0) is 12.0. The van der Waals surface area contributed by atoms with Gasteiger partial charge in [0.2, 0.25) is 0 Å². The summed E-state index contributed by atoms with van der Waals surface area (Å²) in [5, 5.41) is 4.24. The van der Waals surface area contributed by atoms with Gasteiger partial charge in [0.05, 0.1) is 18.5 Å². The monoisotopic (exact) mass is 224 g/mol. The lowest BCUT2D eigenvalue weighted by Crippen LogP contribution is -2.10. The van der Waals surface area contributed by atoms with Gasteiger partial charge in [0, 0.05) is 6.54 Å². The Kier molecular flexibility index (Phi) is 5.02. The van der Waals surface area contributed by atoms with E-state index in [1.165, 1.54) is 0 Å². The lowest BCUT2D eigenvalue weighted by atomic mass is 10.1. The molecule has 1 aromatic rings. The number of aromatic nitrogens is 2. The van der Waals surface area contributed by atoms with Crippen LogP contribution in [0.3, 0.4) is 0 Å². The molecule has 0 atom stereocenters. The summed E-state index contributed by atoms with van der Waals surface area (Å²) in [4.78, 5) is 11.7. The molecule has 1 rings (SSSR count). The Bertz CT molecular complexity index is 345. The van der Waals surface area contributed by atoms with E-state index in [0.29, 0.717) is 12.2 Å². The Morgan fingerprint density at radius 1 is 1.38 bits per heavy atom. The molecule has 4 heteroatoms. The molecule has 1 aromatic heterocycles. The first-order valence-corrected chi connectivity index (χ1v) is 5.96. The highest BCUT2D eigenvalue weighted by molar-refractivity contribution is 5.90. The predicted molar refractivity (Wildman–Crippen MR) is 62.5 cm³/mol. The summed E-state index contributed by atoms with van der Waals surface area (Å²) in [6.07, 6.45) is 4.51. The van der Waals surface area contributed by atoms with Gasteiger partial charge < -0.3 is 4.74 Å². The average molecular weight is 224 g/mol. The summed E-state index contributed by atoms with van der Waals surface area (Å²) in [5.41, 5.74) is 1.62. The third-order valence-electron chi connectivity index (χ3n) is 2.37. The van der Waals surface area contributed by atoms with Gasteiger partial charge >= 0.3 is 5.97 Å². The van der Waals surface area contributed by atoms with E-state index < -0.39 is 0 Å². The molecule has 0 saturated carbocycles. The van der Waals surface area contributed by atoms with Gasteiger partial charge in [-0.2, -0.15) is 5.10 Å². The molecule has 90 valence electrons. The van der Waals surface area contributed by atoms with Crippen molar-refractivity contribution in [2.24, 2.45) is 0 Å². The maximum atomic E-state index is 11.7. The summed E-state index contributed by atoms with van der Waals surface area (Å²) >= 11 is 0. The molecule has 0 aliphatic rings. The highest BCUT2D eigenvalue weighted by Crippen LogP contribution is 2.13. The van der Waals surface area contributed by atoms with Crippen molar-refractivity contribution in [2.45, 2.75) is 46.6 Å². The van der Waals surface area contributed by atoms with Gasteiger partial charge in [-0.25, -0.2) is 4.79 Å². The van der Waals surface area contributed by atoms with Crippen LogP contribution < -0.4 is 0 Å². The number of carbonyl (C=O) groups is 1. The molecule has 0 fully saturated rings. The number of carbonyl (C=O) groups excluding carboxylic acids is 1. The van der Waals surface area contributed by atoms with Crippen molar-refractivity contribution in [1.29, 1.82) is 0 Å². The van der Waals surface area contributed by atoms with Crippen molar-refractivity contribution in [2.75, 3.05) is 6.61 Å². The first kappa shape index (κ1) is 12.7. The minimum absolute atomic E-state index is 0.256. The Morgan fingerprint density at radius 3 is 2.69 bits per heavy atom. The van der Waals surface area contributed by atoms with Crippen LogP contribution in [-0.4, -0.2) is 22.4 Å². The molecular weight excluding hydrogens is 204 g/mol. The largest absolute Gasteiger partial charge is 0.462 e. The number of aryl methyl sites for hydroxylation is 1. The average Bonchev–Trinajstić information content (AvgIpc) is 2.64. The molecule has 16 heavy (non-hydrogen) atoms. The highest BCUT2D eigenvalue weighted by Gasteiger charge is 2.17. The minimum Gasteiger partial charge on any atom is -0.462 e. The number of hydrogen-bond donors (Lipinski definition) is 0. The van der Waals surface area contributed by atoms with E-state index in [-0.39, 0.29) is 5.97 Å². The Balaban J connectivity index is 2.94. The highest BCUT2D eigenvalue weighted by atomic mass is 16.5. The third-order valence-corrected chi connectivity index (χ3v) is 2.37. The van der Waals surface area contributed by atoms with Gasteiger partial charge in [0.25, 0.3) is 0 Å². The van der Waals surface area contributed by atoms with Gasteiger partial charge in [-0.1, -0.05) is 20.3 Å². The second kappa shape index (κ2) is 6.30. The van der Waals surface area contributed by atoms with E-state index >= 15 is 0 Å². The number of ether oxygens (including phenoxy) is 1. The van der Waals surface area contributed by atoms with Crippen molar-refractivity contribution >= 4 is 5.97 Å². The predicted octanol–water partition coefficient (Wildman–Crippen LogP) is 2.42. The van der Waals surface area contributed by atoms with Crippen LogP contribution in [0.4, 0.5) is 0 Å². The van der Waals surface area contributed by atoms with Crippen LogP contribution in [0, 0.1) is 0 Å². The first-order chi connectivity index (χ1) is 7.74. The standard InChI is InChI=1S/C12H20N2O2/c1-4-7-11-10(12(15)16-6-3)9-13-14(11)8-5-2/h9H,4-8H2,1-3H3. The molecule has 0 N–H and O–H groups in total. The van der Waals surface area contributed by atoms with Crippen LogP contribution in [0.25, 0.3) is 0 Å². The summed E-state index contributed by atoms with van der Waals surface area (Å²) in [5.74, 6) is -0.256. The molecule has 0 bridgehead atoms. The van der Waals surface area contributed by atoms with Gasteiger partial charge in [-0.3, -0.25) is 4.68 Å². The van der Waals surface area contributed by atoms with Crippen LogP contribution in [0.15, 0.2) is 6.20 Å². The molecule has 0 radical (unpaired) electrons. The Labute approximate surface area is 96.6 Å². The quantitative estimate of drug-likeness (QED) is 0.697. The van der Waals surface area contributed by atoms with Gasteiger partial charge in [-0.15, -0.1) is 0 Å². The lowest BCUT2D eigenvalue weighted by Gasteiger charge is -2.07. The van der Waals surface area contributed by atoms with Crippen LogP contribution in [0.1, 0.15) is 49.7 Å². The normalized spacial score (nSPS) is 10.4. The van der Waals surface area contributed by atoms with Crippen LogP contribution in [0.5, 0.6) is 0 Å². The van der Waals surface area contributed by atoms with Crippen molar-refractivity contribution in [1.82, 2.24) is 9.78 Å². The third kappa shape index (κ3) is 2.84. The van der Waals surface area contributed by atoms with E-state index in [1.54, 1.807) is 6.20 Å². The summed E-state index contributed by atoms with van der Waals surface area (Å²) in [6.45, 7) is 7.27. The molecule has 0 aliphatic carbocycles. The van der Waals surface area contributed by atoms with E-state index in [0.717, 1.165) is 31.5 Å². The van der Waals surface area contributed by atoms with Gasteiger partial charge in [0.15, 0.2) is 0 Å². The Morgan fingerprint density at radius 2 is 2.12 bits per heavy atom. The SMILES string of the molecule is CCCc1c(C(=O)OCC)cnn1CCC. The van der Waals surface area contributed by atoms with Crippen LogP contribution in [-0.2, 0) is 17.7 Å². The fourth-order valence-corrected chi connectivity index (χ4v) is 1.70. The molecule has 0 spiro atoms. The zero-order valence-electron chi connectivity index (χ0n) is 10.3. The topological polar surface area (TPSA) is 44.1 Å². The minimum atomic E-state index is -0.256. The maximum Gasteiger partial charge on any atom is 0.341 e. The van der Waals surface area contributed by atoms with Crippen LogP contribution in [0.2, 0.25) is 0 Å². The molecule has 0 aromatic carbocycles. The molecule has 0 aliphatic heterocycles. The molecule has 0 saturated heterocycles. The van der Waals surface area contributed by atoms with E-state index in [4.69, 9.17) is 4.74 Å². The fraction of sp³-hybridized carbons (Fsp3) is 0.667. The number of rotatable bonds is 6. The molecule has 4 nitrogen and oxygen atoms in total. The first-order valence-electron chi connectivity index (χ1n) is 5.96. The Hall–Kier alpha value is -1.32. The molecule has 0 amide bonds. The fourth-order valence-electron chi connectivity index (χ4n) is 1.70. The van der Waals surface area contributed by atoms with Crippen molar-refractivity contribution in [3.63, 3.8) is 0 Å². The summed E-state index contributed by atoms with van der Waals surface area (Å²) in [6, 6.07) is 0. The second-order valence-electron chi connectivity index (χ2n) is 3.70. The van der Waals surface area contributed by atoms with Crippen molar-refractivity contribution < 1.29 is 9.53 Å². The number of nitrogens with zero attached hydrogens (tertiary/aromatic N) is 2. The lowest BCUT2D eigenvalue weighted by molar-refractivity contribution is 0.0525. The smallest absolute Gasteiger partial charge is 0.341 e. The van der Waals surface area contributed by atoms with Gasteiger partial charge in [0.1, 0.15) is 5.56 Å². The van der Waals surface area contributed by atoms with E-state index in [9.17, 15) is 4.79 Å². The van der Waals surface area contributed by atoms with E-state index in [2.05, 4.69) is 18.9 Å². The summed E-state index contributed by atoms with van der Waals surface area (Å²) < 4.78 is 6.93. The van der Waals surface area contributed by atoms with Gasteiger partial charge in [-0.05, 0) is 19.8 Å². The molecule has 0 unspecified atom stereocenters. The zero-order valence-corrected chi connectivity index (χ0v) is 10.3. The number of hydrogen-bond acceptors (Lipinski definition) is 3. The van der Waals surface area contributed by atoms with E-state index in [1.807, 2.05) is 11.6 Å². The van der Waals surface area contributed by atoms with Crippen LogP contribution >= 0.6 is 0 Å². The van der Waals surface area contributed by atoms with Crippen molar-refractivity contribution in [3.8, 4) is 0 Å². The molecule has 1 heterocycles. The summed E-state index contributed by atoms with van der Waals surface area (Å²) in [7, 11) is 0. The van der Waals surface area contributed by atoms with Crippen molar-refractivity contribution in [3.05, 3.63) is 17.5 Å². The second-order valence-corrected chi connectivity index (χ2v) is 3.70. The molecular formula is C12H20N2O2.